The van der Waals surface area contributed by atoms with Crippen LogP contribution in [-0.2, 0) is 17.6 Å². The number of hydrogen-bond acceptors (Lipinski definition) is 4. The fraction of sp³-hybridized carbons (Fsp3) is 0.462. The first kappa shape index (κ1) is 11.2. The molecule has 0 aromatic carbocycles. The van der Waals surface area contributed by atoms with Gasteiger partial charge in [-0.1, -0.05) is 0 Å². The summed E-state index contributed by atoms with van der Waals surface area (Å²) >= 11 is 1.77. The van der Waals surface area contributed by atoms with Crippen molar-refractivity contribution >= 4 is 17.3 Å². The molecule has 2 N–H and O–H groups in total. The SMILES string of the molecule is O=C(O)[C@@H]1C[C@H]1c1nc(-c2cc3c(s2)CCC3)n[nH]1. The first-order valence-electron chi connectivity index (χ1n) is 6.49. The molecule has 2 aliphatic rings. The number of aliphatic carboxylic acids is 1. The predicted octanol–water partition coefficient (Wildman–Crippen LogP) is 2.21. The summed E-state index contributed by atoms with van der Waals surface area (Å²) < 4.78 is 0. The van der Waals surface area contributed by atoms with E-state index in [-0.39, 0.29) is 11.8 Å². The van der Waals surface area contributed by atoms with Crippen molar-refractivity contribution in [3.63, 3.8) is 0 Å². The van der Waals surface area contributed by atoms with Gasteiger partial charge in [0, 0.05) is 10.8 Å². The first-order chi connectivity index (χ1) is 9.22. The summed E-state index contributed by atoms with van der Waals surface area (Å²) in [4.78, 5) is 17.9. The highest BCUT2D eigenvalue weighted by atomic mass is 32.1. The van der Waals surface area contributed by atoms with Crippen LogP contribution >= 0.6 is 11.3 Å². The molecule has 19 heavy (non-hydrogen) atoms. The Morgan fingerprint density at radius 2 is 2.37 bits per heavy atom. The zero-order chi connectivity index (χ0) is 13.0. The van der Waals surface area contributed by atoms with Crippen LogP contribution in [0.3, 0.4) is 0 Å². The van der Waals surface area contributed by atoms with Gasteiger partial charge in [0.1, 0.15) is 5.82 Å². The number of fused-ring (bicyclic) bond motifs is 1. The van der Waals surface area contributed by atoms with Gasteiger partial charge < -0.3 is 5.11 Å². The van der Waals surface area contributed by atoms with Gasteiger partial charge in [-0.25, -0.2) is 4.98 Å². The highest BCUT2D eigenvalue weighted by molar-refractivity contribution is 7.15. The normalized spacial score (nSPS) is 24.4. The van der Waals surface area contributed by atoms with Crippen molar-refractivity contribution in [3.05, 3.63) is 22.3 Å². The minimum absolute atomic E-state index is 0.0190. The molecule has 2 heterocycles. The molecule has 4 rings (SSSR count). The minimum atomic E-state index is -0.738. The lowest BCUT2D eigenvalue weighted by atomic mass is 10.2. The fourth-order valence-electron chi connectivity index (χ4n) is 2.76. The van der Waals surface area contributed by atoms with E-state index in [2.05, 4.69) is 21.2 Å². The largest absolute Gasteiger partial charge is 0.481 e. The number of carboxylic acids is 1. The summed E-state index contributed by atoms with van der Waals surface area (Å²) in [5.74, 6) is 0.430. The number of aromatic nitrogens is 3. The summed E-state index contributed by atoms with van der Waals surface area (Å²) in [7, 11) is 0. The lowest BCUT2D eigenvalue weighted by Crippen LogP contribution is -1.99. The van der Waals surface area contributed by atoms with Gasteiger partial charge in [0.15, 0.2) is 5.82 Å². The fourth-order valence-corrected chi connectivity index (χ4v) is 3.95. The Balaban J connectivity index is 1.59. The van der Waals surface area contributed by atoms with E-state index < -0.39 is 5.97 Å². The number of thiophene rings is 1. The highest BCUT2D eigenvalue weighted by Crippen LogP contribution is 2.46. The third kappa shape index (κ3) is 1.78. The molecule has 1 saturated carbocycles. The molecule has 0 spiro atoms. The molecule has 2 aromatic heterocycles. The van der Waals surface area contributed by atoms with E-state index in [1.54, 1.807) is 11.3 Å². The molecule has 98 valence electrons. The molecule has 0 radical (unpaired) electrons. The van der Waals surface area contributed by atoms with Crippen LogP contribution in [0.4, 0.5) is 0 Å². The summed E-state index contributed by atoms with van der Waals surface area (Å²) in [5, 5.41) is 16.1. The molecule has 2 aliphatic carbocycles. The van der Waals surface area contributed by atoms with E-state index in [1.807, 2.05) is 0 Å². The Kier molecular flexibility index (Phi) is 2.29. The van der Waals surface area contributed by atoms with Crippen LogP contribution in [-0.4, -0.2) is 26.3 Å². The van der Waals surface area contributed by atoms with Gasteiger partial charge >= 0.3 is 5.97 Å². The summed E-state index contributed by atoms with van der Waals surface area (Å²) in [6.07, 6.45) is 4.25. The maximum Gasteiger partial charge on any atom is 0.307 e. The van der Waals surface area contributed by atoms with E-state index >= 15 is 0 Å². The van der Waals surface area contributed by atoms with Crippen LogP contribution in [0.1, 0.15) is 35.0 Å². The van der Waals surface area contributed by atoms with Crippen LogP contribution in [0, 0.1) is 5.92 Å². The third-order valence-corrected chi connectivity index (χ3v) is 5.16. The molecule has 1 fully saturated rings. The number of nitrogens with zero attached hydrogens (tertiary/aromatic N) is 2. The highest BCUT2D eigenvalue weighted by Gasteiger charge is 2.46. The Morgan fingerprint density at radius 3 is 3.11 bits per heavy atom. The Hall–Kier alpha value is -1.69. The zero-order valence-electron chi connectivity index (χ0n) is 10.2. The molecule has 5 nitrogen and oxygen atoms in total. The number of rotatable bonds is 3. The molecule has 0 bridgehead atoms. The van der Waals surface area contributed by atoms with Crippen LogP contribution in [0.15, 0.2) is 6.07 Å². The lowest BCUT2D eigenvalue weighted by Gasteiger charge is -1.90. The second-order valence-electron chi connectivity index (χ2n) is 5.24. The average molecular weight is 275 g/mol. The van der Waals surface area contributed by atoms with Crippen molar-refractivity contribution in [2.24, 2.45) is 5.92 Å². The zero-order valence-corrected chi connectivity index (χ0v) is 11.0. The average Bonchev–Trinajstić information content (AvgIpc) is 2.76. The van der Waals surface area contributed by atoms with E-state index in [1.165, 1.54) is 23.3 Å². The van der Waals surface area contributed by atoms with Gasteiger partial charge in [-0.2, -0.15) is 5.10 Å². The molecule has 6 heteroatoms. The van der Waals surface area contributed by atoms with Gasteiger partial charge in [0.05, 0.1) is 10.8 Å². The quantitative estimate of drug-likeness (QED) is 0.900. The van der Waals surface area contributed by atoms with Crippen LogP contribution in [0.25, 0.3) is 10.7 Å². The van der Waals surface area contributed by atoms with Gasteiger partial charge in [-0.05, 0) is 37.3 Å². The smallest absolute Gasteiger partial charge is 0.307 e. The third-order valence-electron chi connectivity index (χ3n) is 3.93. The monoisotopic (exact) mass is 275 g/mol. The maximum atomic E-state index is 10.9. The predicted molar refractivity (Wildman–Crippen MR) is 70.2 cm³/mol. The van der Waals surface area contributed by atoms with Gasteiger partial charge in [0.25, 0.3) is 0 Å². The van der Waals surface area contributed by atoms with E-state index in [4.69, 9.17) is 5.11 Å². The van der Waals surface area contributed by atoms with Crippen molar-refractivity contribution in [2.45, 2.75) is 31.6 Å². The Morgan fingerprint density at radius 1 is 1.47 bits per heavy atom. The summed E-state index contributed by atoms with van der Waals surface area (Å²) in [6.45, 7) is 0. The van der Waals surface area contributed by atoms with E-state index in [0.717, 1.165) is 17.1 Å². The molecule has 0 amide bonds. The number of aryl methyl sites for hydroxylation is 2. The summed E-state index contributed by atoms with van der Waals surface area (Å²) in [6, 6.07) is 2.18. The number of nitrogens with one attached hydrogen (secondary N) is 1. The van der Waals surface area contributed by atoms with Crippen LogP contribution in [0.5, 0.6) is 0 Å². The number of carboxylic acid groups (broad SMARTS) is 1. The maximum absolute atomic E-state index is 10.9. The van der Waals surface area contributed by atoms with Crippen LogP contribution in [0.2, 0.25) is 0 Å². The Bertz CT molecular complexity index is 639. The van der Waals surface area contributed by atoms with E-state index in [9.17, 15) is 4.79 Å². The molecular formula is C13H13N3O2S. The molecule has 0 aliphatic heterocycles. The molecule has 2 aromatic rings. The standard InChI is InChI=1S/C13H13N3O2S/c17-13(18)8-5-7(8)11-14-12(16-15-11)10-4-6-2-1-3-9(6)19-10/h4,7-8H,1-3,5H2,(H,17,18)(H,14,15,16)/t7-,8-/m1/s1. The van der Waals surface area contributed by atoms with E-state index in [0.29, 0.717) is 12.2 Å². The second-order valence-corrected chi connectivity index (χ2v) is 6.38. The number of hydrogen-bond donors (Lipinski definition) is 2. The number of H-pyrrole nitrogens is 1. The first-order valence-corrected chi connectivity index (χ1v) is 7.31. The van der Waals surface area contributed by atoms with Crippen LogP contribution < -0.4 is 0 Å². The van der Waals surface area contributed by atoms with Crippen molar-refractivity contribution in [1.29, 1.82) is 0 Å². The molecule has 0 saturated heterocycles. The van der Waals surface area contributed by atoms with Crippen molar-refractivity contribution in [1.82, 2.24) is 15.2 Å². The summed E-state index contributed by atoms with van der Waals surface area (Å²) in [5.41, 5.74) is 1.43. The molecular weight excluding hydrogens is 262 g/mol. The van der Waals surface area contributed by atoms with Crippen molar-refractivity contribution in [2.75, 3.05) is 0 Å². The number of carbonyl (C=O) groups is 1. The number of aromatic amines is 1. The topological polar surface area (TPSA) is 78.9 Å². The lowest BCUT2D eigenvalue weighted by molar-refractivity contribution is -0.138. The minimum Gasteiger partial charge on any atom is -0.481 e. The van der Waals surface area contributed by atoms with Crippen molar-refractivity contribution < 1.29 is 9.90 Å². The van der Waals surface area contributed by atoms with Gasteiger partial charge in [-0.15, -0.1) is 11.3 Å². The molecule has 0 unspecified atom stereocenters. The van der Waals surface area contributed by atoms with Gasteiger partial charge in [-0.3, -0.25) is 9.89 Å². The Labute approximate surface area is 113 Å². The molecule has 2 atom stereocenters. The van der Waals surface area contributed by atoms with Gasteiger partial charge in [0.2, 0.25) is 0 Å². The van der Waals surface area contributed by atoms with Crippen molar-refractivity contribution in [3.8, 4) is 10.7 Å². The second kappa shape index (κ2) is 3.90.